The monoisotopic (exact) mass is 211 g/mol. The molecular weight excluding hydrogens is 190 g/mol. The molecule has 2 heterocycles. The van der Waals surface area contributed by atoms with Crippen LogP contribution in [0.5, 0.6) is 0 Å². The Bertz CT molecular complexity index is 252. The lowest BCUT2D eigenvalue weighted by Crippen LogP contribution is -2.48. The van der Waals surface area contributed by atoms with Gasteiger partial charge in [0.2, 0.25) is 5.96 Å². The fourth-order valence-corrected chi connectivity index (χ4v) is 2.80. The summed E-state index contributed by atoms with van der Waals surface area (Å²) in [5.41, 5.74) is 2.68. The van der Waals surface area contributed by atoms with Crippen molar-refractivity contribution >= 4 is 5.96 Å². The lowest BCUT2D eigenvalue weighted by atomic mass is 10.1. The molecule has 0 amide bonds. The molecule has 0 saturated carbocycles. The maximum atomic E-state index is 5.46. The molecule has 2 unspecified atom stereocenters. The second kappa shape index (κ2) is 4.37. The fourth-order valence-electron chi connectivity index (χ4n) is 2.80. The number of fused-ring (bicyclic) bond motifs is 2. The van der Waals surface area contributed by atoms with Crippen molar-refractivity contribution in [3.63, 3.8) is 0 Å². The highest BCUT2D eigenvalue weighted by Crippen LogP contribution is 2.28. The summed E-state index contributed by atoms with van der Waals surface area (Å²) in [5, 5.41) is 0. The molecule has 2 aliphatic heterocycles. The third-order valence-corrected chi connectivity index (χ3v) is 3.79. The van der Waals surface area contributed by atoms with E-state index in [1.807, 2.05) is 0 Å². The van der Waals surface area contributed by atoms with Crippen LogP contribution in [0.4, 0.5) is 0 Å². The quantitative estimate of drug-likeness (QED) is 0.248. The highest BCUT2D eigenvalue weighted by molar-refractivity contribution is 5.79. The second-order valence-electron chi connectivity index (χ2n) is 4.48. The summed E-state index contributed by atoms with van der Waals surface area (Å²) in [6.07, 6.45) is 3.87. The van der Waals surface area contributed by atoms with Gasteiger partial charge in [-0.15, -0.1) is 0 Å². The zero-order valence-corrected chi connectivity index (χ0v) is 9.61. The molecule has 15 heavy (non-hydrogen) atoms. The number of likely N-dealkylation sites (N-methyl/N-ethyl adjacent to an activating group) is 1. The number of hydrazine groups is 1. The molecule has 2 fully saturated rings. The van der Waals surface area contributed by atoms with E-state index >= 15 is 0 Å². The van der Waals surface area contributed by atoms with Gasteiger partial charge in [0.05, 0.1) is 0 Å². The standard InChI is InChI=1S/C10H21N5/c1-12-10(13-11)15-6-5-8-3-4-9(7-15)14(8)2/h8-9H,3-7,11H2,1-2H3,(H,12,13). The van der Waals surface area contributed by atoms with Gasteiger partial charge in [-0.2, -0.15) is 0 Å². The summed E-state index contributed by atoms with van der Waals surface area (Å²) in [5.74, 6) is 6.28. The number of nitrogens with two attached hydrogens (primary N) is 1. The van der Waals surface area contributed by atoms with Crippen LogP contribution in [0.2, 0.25) is 0 Å². The maximum absolute atomic E-state index is 5.46. The first-order valence-electron chi connectivity index (χ1n) is 5.66. The predicted molar refractivity (Wildman–Crippen MR) is 61.4 cm³/mol. The zero-order valence-electron chi connectivity index (χ0n) is 9.61. The second-order valence-corrected chi connectivity index (χ2v) is 4.48. The van der Waals surface area contributed by atoms with Gasteiger partial charge in [0.25, 0.3) is 0 Å². The SMILES string of the molecule is CN=C(NN)N1CCC2CCC(C1)N2C. The van der Waals surface area contributed by atoms with E-state index in [1.165, 1.54) is 19.3 Å². The summed E-state index contributed by atoms with van der Waals surface area (Å²) in [4.78, 5) is 8.95. The molecule has 0 radical (unpaired) electrons. The molecule has 2 saturated heterocycles. The van der Waals surface area contributed by atoms with Crippen LogP contribution in [0.3, 0.4) is 0 Å². The molecule has 5 nitrogen and oxygen atoms in total. The molecule has 2 aliphatic rings. The van der Waals surface area contributed by atoms with Crippen molar-refractivity contribution < 1.29 is 0 Å². The van der Waals surface area contributed by atoms with Crippen molar-refractivity contribution in [2.24, 2.45) is 10.8 Å². The molecule has 0 aromatic carbocycles. The Morgan fingerprint density at radius 2 is 2.07 bits per heavy atom. The van der Waals surface area contributed by atoms with Crippen LogP contribution in [0, 0.1) is 0 Å². The number of nitrogens with zero attached hydrogens (tertiary/aromatic N) is 3. The van der Waals surface area contributed by atoms with E-state index in [0.29, 0.717) is 6.04 Å². The minimum atomic E-state index is 0.669. The van der Waals surface area contributed by atoms with Crippen LogP contribution in [0.25, 0.3) is 0 Å². The molecular formula is C10H21N5. The number of rotatable bonds is 0. The Morgan fingerprint density at radius 3 is 2.73 bits per heavy atom. The Balaban J connectivity index is 2.06. The van der Waals surface area contributed by atoms with Crippen molar-refractivity contribution in [1.29, 1.82) is 0 Å². The molecule has 0 aliphatic carbocycles. The third-order valence-electron chi connectivity index (χ3n) is 3.79. The zero-order chi connectivity index (χ0) is 10.8. The highest BCUT2D eigenvalue weighted by Gasteiger charge is 2.35. The smallest absolute Gasteiger partial charge is 0.208 e. The van der Waals surface area contributed by atoms with Gasteiger partial charge in [-0.25, -0.2) is 5.84 Å². The average molecular weight is 211 g/mol. The van der Waals surface area contributed by atoms with E-state index < -0.39 is 0 Å². The molecule has 2 rings (SSSR count). The average Bonchev–Trinajstić information content (AvgIpc) is 2.46. The van der Waals surface area contributed by atoms with Gasteiger partial charge in [0.1, 0.15) is 0 Å². The number of hydrogen-bond acceptors (Lipinski definition) is 3. The summed E-state index contributed by atoms with van der Waals surface area (Å²) in [6, 6.07) is 1.43. The molecule has 2 bridgehead atoms. The Kier molecular flexibility index (Phi) is 3.11. The van der Waals surface area contributed by atoms with Crippen molar-refractivity contribution in [2.75, 3.05) is 27.2 Å². The number of aliphatic imine (C=N–C) groups is 1. The van der Waals surface area contributed by atoms with Gasteiger partial charge in [0.15, 0.2) is 0 Å². The van der Waals surface area contributed by atoms with Crippen molar-refractivity contribution in [1.82, 2.24) is 15.2 Å². The summed E-state index contributed by atoms with van der Waals surface area (Å²) < 4.78 is 0. The molecule has 3 N–H and O–H groups in total. The third kappa shape index (κ3) is 1.94. The van der Waals surface area contributed by atoms with Gasteiger partial charge in [-0.05, 0) is 26.3 Å². The minimum absolute atomic E-state index is 0.669. The summed E-state index contributed by atoms with van der Waals surface area (Å²) in [6.45, 7) is 2.10. The highest BCUT2D eigenvalue weighted by atomic mass is 15.4. The van der Waals surface area contributed by atoms with E-state index in [4.69, 9.17) is 5.84 Å². The Morgan fingerprint density at radius 1 is 1.33 bits per heavy atom. The number of likely N-dealkylation sites (tertiary alicyclic amines) is 1. The molecule has 0 aromatic rings. The number of guanidine groups is 1. The van der Waals surface area contributed by atoms with Gasteiger partial charge < -0.3 is 4.90 Å². The van der Waals surface area contributed by atoms with E-state index in [9.17, 15) is 0 Å². The minimum Gasteiger partial charge on any atom is -0.340 e. The number of nitrogens with one attached hydrogen (secondary N) is 1. The lowest BCUT2D eigenvalue weighted by molar-refractivity contribution is 0.245. The lowest BCUT2D eigenvalue weighted by Gasteiger charge is -2.27. The first kappa shape index (κ1) is 10.7. The van der Waals surface area contributed by atoms with Crippen molar-refractivity contribution in [3.8, 4) is 0 Å². The van der Waals surface area contributed by atoms with E-state index in [1.54, 1.807) is 7.05 Å². The largest absolute Gasteiger partial charge is 0.340 e. The first-order chi connectivity index (χ1) is 7.26. The van der Waals surface area contributed by atoms with Crippen LogP contribution < -0.4 is 11.3 Å². The predicted octanol–water partition coefficient (Wildman–Crippen LogP) is -0.396. The molecule has 0 spiro atoms. The van der Waals surface area contributed by atoms with Crippen LogP contribution in [-0.4, -0.2) is 55.0 Å². The molecule has 0 aromatic heterocycles. The van der Waals surface area contributed by atoms with E-state index in [-0.39, 0.29) is 0 Å². The van der Waals surface area contributed by atoms with Crippen molar-refractivity contribution in [2.45, 2.75) is 31.3 Å². The maximum Gasteiger partial charge on any atom is 0.208 e. The van der Waals surface area contributed by atoms with Gasteiger partial charge >= 0.3 is 0 Å². The molecule has 5 heteroatoms. The normalized spacial score (nSPS) is 33.0. The molecule has 2 atom stereocenters. The summed E-state index contributed by atoms with van der Waals surface area (Å²) in [7, 11) is 4.02. The van der Waals surface area contributed by atoms with Crippen molar-refractivity contribution in [3.05, 3.63) is 0 Å². The topological polar surface area (TPSA) is 56.9 Å². The molecule has 86 valence electrons. The van der Waals surface area contributed by atoms with E-state index in [0.717, 1.165) is 25.1 Å². The van der Waals surface area contributed by atoms with Gasteiger partial charge in [-0.1, -0.05) is 0 Å². The van der Waals surface area contributed by atoms with Crippen LogP contribution in [0.15, 0.2) is 4.99 Å². The summed E-state index contributed by atoms with van der Waals surface area (Å²) >= 11 is 0. The Labute approximate surface area is 91.3 Å². The number of hydrogen-bond donors (Lipinski definition) is 2. The fraction of sp³-hybridized carbons (Fsp3) is 0.900. The van der Waals surface area contributed by atoms with Crippen LogP contribution in [0.1, 0.15) is 19.3 Å². The van der Waals surface area contributed by atoms with Crippen LogP contribution >= 0.6 is 0 Å². The van der Waals surface area contributed by atoms with Crippen LogP contribution in [-0.2, 0) is 0 Å². The van der Waals surface area contributed by atoms with Gasteiger partial charge in [-0.3, -0.25) is 15.3 Å². The van der Waals surface area contributed by atoms with Gasteiger partial charge in [0, 0.05) is 32.2 Å². The Hall–Kier alpha value is -0.810. The first-order valence-corrected chi connectivity index (χ1v) is 5.66. The van der Waals surface area contributed by atoms with E-state index in [2.05, 4.69) is 27.3 Å².